The van der Waals surface area contributed by atoms with Gasteiger partial charge in [0.2, 0.25) is 5.95 Å². The molecule has 1 aromatic carbocycles. The van der Waals surface area contributed by atoms with Crippen molar-refractivity contribution in [2.45, 2.75) is 39.2 Å². The molecule has 0 saturated carbocycles. The number of hydrogen-bond donors (Lipinski definition) is 1. The summed E-state index contributed by atoms with van der Waals surface area (Å²) in [6, 6.07) is 7.66. The van der Waals surface area contributed by atoms with Crippen molar-refractivity contribution in [1.29, 1.82) is 0 Å². The number of nitrogens with zero attached hydrogens (tertiary/aromatic N) is 4. The minimum Gasteiger partial charge on any atom is -0.350 e. The van der Waals surface area contributed by atoms with E-state index in [0.29, 0.717) is 35.9 Å². The molecule has 7 heteroatoms. The molecular weight excluding hydrogens is 366 g/mol. The molecule has 1 N–H and O–H groups in total. The molecule has 2 heterocycles. The molecule has 0 bridgehead atoms. The molecular formula is C22H29N5O2. The monoisotopic (exact) mass is 395 g/mol. The van der Waals surface area contributed by atoms with Gasteiger partial charge in [0.25, 0.3) is 11.8 Å². The number of nitrogens with one attached hydrogen (secondary N) is 1. The first-order chi connectivity index (χ1) is 13.8. The van der Waals surface area contributed by atoms with Crippen LogP contribution in [-0.4, -0.2) is 59.9 Å². The van der Waals surface area contributed by atoms with E-state index in [0.717, 1.165) is 12.0 Å². The van der Waals surface area contributed by atoms with Gasteiger partial charge in [-0.25, -0.2) is 9.97 Å². The average Bonchev–Trinajstić information content (AvgIpc) is 3.16. The molecule has 1 aliphatic heterocycles. The third-order valence-corrected chi connectivity index (χ3v) is 5.00. The highest BCUT2D eigenvalue weighted by Crippen LogP contribution is 2.30. The Bertz CT molecular complexity index is 910. The number of likely N-dealkylation sites (tertiary alicyclic amines) is 1. The number of amides is 2. The SMILES string of the molecule is Cc1cccc(C(=O)N2CCC(c3nc(N(C)C)ncc3C(=O)NC(C)C)C2)c1. The summed E-state index contributed by atoms with van der Waals surface area (Å²) in [5.74, 6) is 0.401. The number of rotatable bonds is 5. The van der Waals surface area contributed by atoms with Crippen molar-refractivity contribution in [2.24, 2.45) is 0 Å². The number of anilines is 1. The first-order valence-corrected chi connectivity index (χ1v) is 9.97. The summed E-state index contributed by atoms with van der Waals surface area (Å²) in [6.07, 6.45) is 2.36. The molecule has 1 unspecified atom stereocenters. The molecule has 3 rings (SSSR count). The summed E-state index contributed by atoms with van der Waals surface area (Å²) >= 11 is 0. The lowest BCUT2D eigenvalue weighted by atomic mass is 9.99. The summed E-state index contributed by atoms with van der Waals surface area (Å²) in [5.41, 5.74) is 2.95. The van der Waals surface area contributed by atoms with Crippen molar-refractivity contribution in [2.75, 3.05) is 32.1 Å². The van der Waals surface area contributed by atoms with Crippen molar-refractivity contribution in [3.8, 4) is 0 Å². The first kappa shape index (κ1) is 20.8. The Morgan fingerprint density at radius 1 is 1.28 bits per heavy atom. The van der Waals surface area contributed by atoms with Gasteiger partial charge in [-0.3, -0.25) is 9.59 Å². The Morgan fingerprint density at radius 2 is 2.03 bits per heavy atom. The van der Waals surface area contributed by atoms with Crippen molar-refractivity contribution in [1.82, 2.24) is 20.2 Å². The first-order valence-electron chi connectivity index (χ1n) is 9.97. The van der Waals surface area contributed by atoms with E-state index in [1.165, 1.54) is 0 Å². The van der Waals surface area contributed by atoms with Gasteiger partial charge < -0.3 is 15.1 Å². The zero-order valence-electron chi connectivity index (χ0n) is 17.8. The van der Waals surface area contributed by atoms with Gasteiger partial charge in [0.05, 0.1) is 11.3 Å². The van der Waals surface area contributed by atoms with E-state index in [1.807, 2.05) is 68.9 Å². The minimum atomic E-state index is -0.177. The maximum Gasteiger partial charge on any atom is 0.254 e. The smallest absolute Gasteiger partial charge is 0.254 e. The van der Waals surface area contributed by atoms with Gasteiger partial charge in [-0.05, 0) is 39.3 Å². The van der Waals surface area contributed by atoms with Crippen molar-refractivity contribution < 1.29 is 9.59 Å². The third kappa shape index (κ3) is 4.72. The average molecular weight is 396 g/mol. The largest absolute Gasteiger partial charge is 0.350 e. The van der Waals surface area contributed by atoms with E-state index in [-0.39, 0.29) is 23.8 Å². The fourth-order valence-corrected chi connectivity index (χ4v) is 3.56. The molecule has 2 amide bonds. The molecule has 1 aromatic heterocycles. The Kier molecular flexibility index (Phi) is 6.15. The summed E-state index contributed by atoms with van der Waals surface area (Å²) in [5, 5.41) is 2.92. The van der Waals surface area contributed by atoms with E-state index >= 15 is 0 Å². The maximum absolute atomic E-state index is 12.9. The lowest BCUT2D eigenvalue weighted by Gasteiger charge is -2.20. The molecule has 1 aliphatic rings. The van der Waals surface area contributed by atoms with E-state index in [1.54, 1.807) is 6.20 Å². The van der Waals surface area contributed by atoms with Crippen LogP contribution in [0.4, 0.5) is 5.95 Å². The molecule has 2 aromatic rings. The van der Waals surface area contributed by atoms with Crippen LogP contribution < -0.4 is 10.2 Å². The summed E-state index contributed by atoms with van der Waals surface area (Å²) in [7, 11) is 3.74. The van der Waals surface area contributed by atoms with Crippen LogP contribution in [0.1, 0.15) is 58.2 Å². The lowest BCUT2D eigenvalue weighted by molar-refractivity contribution is 0.0790. The van der Waals surface area contributed by atoms with Gasteiger partial charge in [-0.15, -0.1) is 0 Å². The van der Waals surface area contributed by atoms with E-state index in [4.69, 9.17) is 0 Å². The molecule has 1 atom stereocenters. The Morgan fingerprint density at radius 3 is 2.69 bits per heavy atom. The second kappa shape index (κ2) is 8.59. The van der Waals surface area contributed by atoms with Crippen LogP contribution in [0.5, 0.6) is 0 Å². The highest BCUT2D eigenvalue weighted by Gasteiger charge is 2.32. The van der Waals surface area contributed by atoms with Crippen LogP contribution in [0.2, 0.25) is 0 Å². The third-order valence-electron chi connectivity index (χ3n) is 5.00. The normalized spacial score (nSPS) is 16.2. The summed E-state index contributed by atoms with van der Waals surface area (Å²) < 4.78 is 0. The lowest BCUT2D eigenvalue weighted by Crippen LogP contribution is -2.32. The quantitative estimate of drug-likeness (QED) is 0.842. The fraction of sp³-hybridized carbons (Fsp3) is 0.455. The Labute approximate surface area is 172 Å². The van der Waals surface area contributed by atoms with Crippen LogP contribution in [0.25, 0.3) is 0 Å². The van der Waals surface area contributed by atoms with E-state index < -0.39 is 0 Å². The molecule has 0 spiro atoms. The minimum absolute atomic E-state index is 0.00151. The van der Waals surface area contributed by atoms with Gasteiger partial charge >= 0.3 is 0 Å². The van der Waals surface area contributed by atoms with Crippen LogP contribution in [0.15, 0.2) is 30.5 Å². The molecule has 0 aliphatic carbocycles. The van der Waals surface area contributed by atoms with Crippen LogP contribution >= 0.6 is 0 Å². The van der Waals surface area contributed by atoms with Crippen molar-refractivity contribution in [3.05, 3.63) is 52.8 Å². The Balaban J connectivity index is 1.86. The topological polar surface area (TPSA) is 78.4 Å². The van der Waals surface area contributed by atoms with E-state index in [2.05, 4.69) is 15.3 Å². The van der Waals surface area contributed by atoms with Gasteiger partial charge in [0.1, 0.15) is 0 Å². The second-order valence-corrected chi connectivity index (χ2v) is 8.10. The zero-order chi connectivity index (χ0) is 21.1. The number of aromatic nitrogens is 2. The summed E-state index contributed by atoms with van der Waals surface area (Å²) in [4.78, 5) is 38.3. The fourth-order valence-electron chi connectivity index (χ4n) is 3.56. The van der Waals surface area contributed by atoms with Crippen molar-refractivity contribution in [3.63, 3.8) is 0 Å². The standard InChI is InChI=1S/C22H29N5O2/c1-14(2)24-20(28)18-12-23-22(26(4)5)25-19(18)17-9-10-27(13-17)21(29)16-8-6-7-15(3)11-16/h6-8,11-12,14,17H,9-10,13H2,1-5H3,(H,24,28). The van der Waals surface area contributed by atoms with Gasteiger partial charge in [0.15, 0.2) is 0 Å². The molecule has 0 radical (unpaired) electrons. The van der Waals surface area contributed by atoms with Gasteiger partial charge in [0, 0.05) is 50.9 Å². The van der Waals surface area contributed by atoms with Crippen molar-refractivity contribution >= 4 is 17.8 Å². The highest BCUT2D eigenvalue weighted by atomic mass is 16.2. The van der Waals surface area contributed by atoms with E-state index in [9.17, 15) is 9.59 Å². The zero-order valence-corrected chi connectivity index (χ0v) is 17.8. The maximum atomic E-state index is 12.9. The number of carbonyl (C=O) groups is 2. The number of hydrogen-bond acceptors (Lipinski definition) is 5. The summed E-state index contributed by atoms with van der Waals surface area (Å²) in [6.45, 7) is 7.00. The van der Waals surface area contributed by atoms with Gasteiger partial charge in [-0.2, -0.15) is 0 Å². The number of benzene rings is 1. The molecule has 1 saturated heterocycles. The Hall–Kier alpha value is -2.96. The highest BCUT2D eigenvalue weighted by molar-refractivity contribution is 5.96. The predicted octanol–water partition coefficient (Wildman–Crippen LogP) is 2.62. The predicted molar refractivity (Wildman–Crippen MR) is 113 cm³/mol. The molecule has 154 valence electrons. The molecule has 1 fully saturated rings. The second-order valence-electron chi connectivity index (χ2n) is 8.10. The van der Waals surface area contributed by atoms with Crippen LogP contribution in [0, 0.1) is 6.92 Å². The van der Waals surface area contributed by atoms with Crippen LogP contribution in [0.3, 0.4) is 0 Å². The van der Waals surface area contributed by atoms with Gasteiger partial charge in [-0.1, -0.05) is 17.7 Å². The van der Waals surface area contributed by atoms with Crippen LogP contribution in [-0.2, 0) is 0 Å². The number of carbonyl (C=O) groups excluding carboxylic acids is 2. The molecule has 29 heavy (non-hydrogen) atoms. The number of aryl methyl sites for hydroxylation is 1. The molecule has 7 nitrogen and oxygen atoms in total.